The summed E-state index contributed by atoms with van der Waals surface area (Å²) in [6, 6.07) is 10.3. The molecule has 0 spiro atoms. The highest BCUT2D eigenvalue weighted by molar-refractivity contribution is 6.08. The van der Waals surface area contributed by atoms with E-state index in [9.17, 15) is 9.18 Å². The second-order valence-corrected chi connectivity index (χ2v) is 9.18. The van der Waals surface area contributed by atoms with Crippen LogP contribution in [0.1, 0.15) is 66.4 Å². The molecule has 1 fully saturated rings. The number of imidazole rings is 1. The quantitative estimate of drug-likeness (QED) is 0.440. The van der Waals surface area contributed by atoms with E-state index in [-0.39, 0.29) is 17.8 Å². The van der Waals surface area contributed by atoms with E-state index in [1.807, 2.05) is 41.3 Å². The molecule has 0 N–H and O–H groups in total. The zero-order valence-corrected chi connectivity index (χ0v) is 19.0. The van der Waals surface area contributed by atoms with E-state index >= 15 is 0 Å². The van der Waals surface area contributed by atoms with Crippen LogP contribution in [-0.2, 0) is 6.42 Å². The van der Waals surface area contributed by atoms with Crippen molar-refractivity contribution in [2.75, 3.05) is 4.90 Å². The zero-order valence-electron chi connectivity index (χ0n) is 19.0. The van der Waals surface area contributed by atoms with Crippen molar-refractivity contribution in [3.8, 4) is 11.5 Å². The molecule has 2 aliphatic rings. The van der Waals surface area contributed by atoms with Crippen LogP contribution < -0.4 is 4.90 Å². The number of nitrogens with zero attached hydrogens (tertiary/aromatic N) is 7. The number of hydrogen-bond acceptors (Lipinski definition) is 5. The van der Waals surface area contributed by atoms with Gasteiger partial charge in [-0.3, -0.25) is 9.69 Å². The Labute approximate surface area is 196 Å². The van der Waals surface area contributed by atoms with Gasteiger partial charge in [-0.15, -0.1) is 10.2 Å². The van der Waals surface area contributed by atoms with Gasteiger partial charge in [0.05, 0.1) is 12.0 Å². The second kappa shape index (κ2) is 7.86. The Bertz CT molecular complexity index is 1390. The highest BCUT2D eigenvalue weighted by Gasteiger charge is 2.37. The third-order valence-electron chi connectivity index (χ3n) is 6.55. The average molecular weight is 458 g/mol. The number of carbonyl (C=O) groups excluding carboxylic acids is 1. The zero-order chi connectivity index (χ0) is 23.4. The Morgan fingerprint density at radius 2 is 1.91 bits per heavy atom. The molecular formula is C25H24FN7O. The number of amides is 1. The van der Waals surface area contributed by atoms with Crippen LogP contribution >= 0.6 is 0 Å². The van der Waals surface area contributed by atoms with Crippen molar-refractivity contribution in [1.82, 2.24) is 29.3 Å². The number of halogens is 1. The Morgan fingerprint density at radius 3 is 2.71 bits per heavy atom. The van der Waals surface area contributed by atoms with E-state index in [0.717, 1.165) is 18.5 Å². The van der Waals surface area contributed by atoms with Crippen LogP contribution in [-0.4, -0.2) is 35.2 Å². The smallest absolute Gasteiger partial charge is 0.261 e. The highest BCUT2D eigenvalue weighted by atomic mass is 19.1. The molecule has 3 aromatic heterocycles. The van der Waals surface area contributed by atoms with Crippen LogP contribution in [0.25, 0.3) is 11.5 Å². The summed E-state index contributed by atoms with van der Waals surface area (Å²) < 4.78 is 18.6. The van der Waals surface area contributed by atoms with E-state index in [1.165, 1.54) is 6.07 Å². The van der Waals surface area contributed by atoms with E-state index in [2.05, 4.69) is 15.2 Å². The summed E-state index contributed by atoms with van der Waals surface area (Å²) >= 11 is 0. The van der Waals surface area contributed by atoms with Crippen LogP contribution in [0.3, 0.4) is 0 Å². The Morgan fingerprint density at radius 1 is 1.09 bits per heavy atom. The molecule has 9 heteroatoms. The van der Waals surface area contributed by atoms with E-state index < -0.39 is 6.17 Å². The van der Waals surface area contributed by atoms with Crippen LogP contribution in [0.4, 0.5) is 10.2 Å². The molecule has 4 aromatic rings. The number of hydrogen-bond donors (Lipinski definition) is 0. The summed E-state index contributed by atoms with van der Waals surface area (Å²) in [6.45, 7) is 4.09. The number of aromatic nitrogens is 6. The maximum atomic E-state index is 14.7. The summed E-state index contributed by atoms with van der Waals surface area (Å²) in [4.78, 5) is 24.7. The lowest BCUT2D eigenvalue weighted by atomic mass is 9.96. The van der Waals surface area contributed by atoms with Gasteiger partial charge in [-0.1, -0.05) is 12.1 Å². The molecule has 1 unspecified atom stereocenters. The minimum absolute atomic E-state index is 0.154. The van der Waals surface area contributed by atoms with E-state index in [0.29, 0.717) is 40.8 Å². The second-order valence-electron chi connectivity index (χ2n) is 9.18. The molecule has 172 valence electrons. The molecule has 34 heavy (non-hydrogen) atoms. The predicted molar refractivity (Wildman–Crippen MR) is 124 cm³/mol. The summed E-state index contributed by atoms with van der Waals surface area (Å²) in [5, 5.41) is 8.29. The van der Waals surface area contributed by atoms with Crippen molar-refractivity contribution in [1.29, 1.82) is 0 Å². The first-order chi connectivity index (χ1) is 16.5. The Hall–Kier alpha value is -3.88. The molecule has 0 saturated heterocycles. The van der Waals surface area contributed by atoms with Crippen molar-refractivity contribution in [3.63, 3.8) is 0 Å². The van der Waals surface area contributed by atoms with Gasteiger partial charge in [-0.05, 0) is 51.0 Å². The first kappa shape index (κ1) is 20.7. The molecule has 0 bridgehead atoms. The first-order valence-electron chi connectivity index (χ1n) is 11.5. The molecule has 1 amide bonds. The third kappa shape index (κ3) is 3.39. The monoisotopic (exact) mass is 457 g/mol. The molecule has 4 heterocycles. The number of carbonyl (C=O) groups is 1. The fourth-order valence-corrected chi connectivity index (χ4v) is 4.59. The molecule has 0 radical (unpaired) electrons. The van der Waals surface area contributed by atoms with Crippen molar-refractivity contribution >= 4 is 11.7 Å². The minimum atomic E-state index is -0.484. The fraction of sp³-hybridized carbons (Fsp3) is 0.320. The van der Waals surface area contributed by atoms with Gasteiger partial charge >= 0.3 is 0 Å². The van der Waals surface area contributed by atoms with E-state index in [1.54, 1.807) is 35.8 Å². The lowest BCUT2D eigenvalue weighted by Crippen LogP contribution is -2.43. The van der Waals surface area contributed by atoms with Crippen molar-refractivity contribution < 1.29 is 9.18 Å². The lowest BCUT2D eigenvalue weighted by Gasteiger charge is -2.36. The Kier molecular flexibility index (Phi) is 4.79. The maximum absolute atomic E-state index is 14.7. The molecule has 1 aliphatic heterocycles. The van der Waals surface area contributed by atoms with Gasteiger partial charge in [-0.25, -0.2) is 14.4 Å². The molecule has 8 nitrogen and oxygen atoms in total. The third-order valence-corrected chi connectivity index (χ3v) is 6.55. The normalized spacial score (nSPS) is 17.9. The number of pyridine rings is 1. The van der Waals surface area contributed by atoms with Crippen molar-refractivity contribution in [2.24, 2.45) is 0 Å². The molecule has 1 saturated carbocycles. The molecule has 1 aliphatic carbocycles. The number of anilines is 1. The maximum Gasteiger partial charge on any atom is 0.261 e. The van der Waals surface area contributed by atoms with Gasteiger partial charge in [0.2, 0.25) is 0 Å². The molecule has 1 atom stereocenters. The molecule has 1 aromatic carbocycles. The van der Waals surface area contributed by atoms with Gasteiger partial charge in [0.15, 0.2) is 5.82 Å². The largest absolute Gasteiger partial charge is 0.315 e. The molecular weight excluding hydrogens is 433 g/mol. The van der Waals surface area contributed by atoms with Crippen LogP contribution in [0.5, 0.6) is 0 Å². The van der Waals surface area contributed by atoms with Crippen LogP contribution in [0.2, 0.25) is 0 Å². The lowest BCUT2D eigenvalue weighted by molar-refractivity contribution is 0.0952. The molecule has 6 rings (SSSR count). The van der Waals surface area contributed by atoms with E-state index in [4.69, 9.17) is 4.98 Å². The standard InChI is InChI=1S/C25H24FN7O/c1-15(2)32-14-28-30-24(32)20-7-4-8-22(29-20)33-23(31-12-21(27-13-31)16-9-10-16)11-18-17(25(33)34)5-3-6-19(18)26/h3-8,12-16,23H,9-11H2,1-2H3. The topological polar surface area (TPSA) is 81.7 Å². The van der Waals surface area contributed by atoms with Crippen LogP contribution in [0.15, 0.2) is 55.2 Å². The average Bonchev–Trinajstić information content (AvgIpc) is 3.35. The fourth-order valence-electron chi connectivity index (χ4n) is 4.59. The highest BCUT2D eigenvalue weighted by Crippen LogP contribution is 2.40. The minimum Gasteiger partial charge on any atom is -0.315 e. The van der Waals surface area contributed by atoms with Gasteiger partial charge in [0.25, 0.3) is 5.91 Å². The first-order valence-corrected chi connectivity index (χ1v) is 11.5. The predicted octanol–water partition coefficient (Wildman–Crippen LogP) is 4.54. The summed E-state index contributed by atoms with van der Waals surface area (Å²) in [7, 11) is 0. The number of fused-ring (bicyclic) bond motifs is 1. The van der Waals surface area contributed by atoms with Gasteiger partial charge in [0.1, 0.15) is 29.8 Å². The van der Waals surface area contributed by atoms with Crippen LogP contribution in [0, 0.1) is 5.82 Å². The van der Waals surface area contributed by atoms with Crippen molar-refractivity contribution in [3.05, 3.63) is 77.9 Å². The SMILES string of the molecule is CC(C)n1cnnc1-c1cccc(N2C(=O)c3cccc(F)c3CC2n2cnc(C3CC3)c2)n1. The summed E-state index contributed by atoms with van der Waals surface area (Å²) in [5.74, 6) is 0.916. The number of benzene rings is 1. The summed E-state index contributed by atoms with van der Waals surface area (Å²) in [6.07, 6.45) is 7.49. The van der Waals surface area contributed by atoms with Gasteiger partial charge < -0.3 is 9.13 Å². The number of rotatable bonds is 5. The Balaban J connectivity index is 1.47. The van der Waals surface area contributed by atoms with Crippen molar-refractivity contribution in [2.45, 2.75) is 51.2 Å². The summed E-state index contributed by atoms with van der Waals surface area (Å²) in [5.41, 5.74) is 2.41. The van der Waals surface area contributed by atoms with Gasteiger partial charge in [-0.2, -0.15) is 0 Å². The van der Waals surface area contributed by atoms with Gasteiger partial charge in [0, 0.05) is 35.7 Å².